The highest BCUT2D eigenvalue weighted by Crippen LogP contribution is 2.34. The highest BCUT2D eigenvalue weighted by molar-refractivity contribution is 7.51. The highest BCUT2D eigenvalue weighted by atomic mass is 31.2. The van der Waals surface area contributed by atoms with Crippen LogP contribution in [-0.2, 0) is 14.2 Å². The summed E-state index contributed by atoms with van der Waals surface area (Å²) in [5.74, 6) is -3.55. The minimum absolute atomic E-state index is 1.17. The molecule has 12 heavy (non-hydrogen) atoms. The fourth-order valence-corrected chi connectivity index (χ4v) is 1.07. The number of carbonyl (C=O) groups is 2. The standard InChI is InChI=1S/C4H7O7P/c5-2(1-12(9,10)11)3(6)4(7)8/h2,5H,1H2,(H,7,8)(H2,9,10,11). The van der Waals surface area contributed by atoms with Gasteiger partial charge in [-0.25, -0.2) is 4.79 Å². The Hall–Kier alpha value is -0.750. The van der Waals surface area contributed by atoms with Crippen LogP contribution >= 0.6 is 7.60 Å². The first-order chi connectivity index (χ1) is 5.24. The molecule has 0 aromatic heterocycles. The van der Waals surface area contributed by atoms with Crippen LogP contribution in [-0.4, -0.2) is 44.0 Å². The molecule has 0 saturated carbocycles. The quantitative estimate of drug-likeness (QED) is 0.308. The lowest BCUT2D eigenvalue weighted by Crippen LogP contribution is -2.30. The predicted octanol–water partition coefficient (Wildman–Crippen LogP) is -1.82. The zero-order valence-electron chi connectivity index (χ0n) is 5.75. The number of aliphatic hydroxyl groups excluding tert-OH is 1. The predicted molar refractivity (Wildman–Crippen MR) is 35.6 cm³/mol. The molecule has 4 N–H and O–H groups in total. The van der Waals surface area contributed by atoms with Gasteiger partial charge in [0.2, 0.25) is 0 Å². The van der Waals surface area contributed by atoms with Gasteiger partial charge in [-0.3, -0.25) is 9.36 Å². The van der Waals surface area contributed by atoms with Crippen molar-refractivity contribution >= 4 is 19.3 Å². The van der Waals surface area contributed by atoms with E-state index < -0.39 is 31.6 Å². The number of ketones is 1. The van der Waals surface area contributed by atoms with Gasteiger partial charge in [0.25, 0.3) is 5.78 Å². The number of Topliss-reactive ketones (excluding diaryl/α,β-unsaturated/α-hetero) is 1. The Morgan fingerprint density at radius 3 is 2.00 bits per heavy atom. The number of carbonyl (C=O) groups excluding carboxylic acids is 1. The number of aliphatic carboxylic acids is 1. The maximum absolute atomic E-state index is 10.3. The zero-order valence-corrected chi connectivity index (χ0v) is 6.64. The van der Waals surface area contributed by atoms with Gasteiger partial charge in [-0.15, -0.1) is 0 Å². The number of hydrogen-bond donors (Lipinski definition) is 4. The third-order valence-electron chi connectivity index (χ3n) is 0.924. The molecule has 8 heteroatoms. The molecular weight excluding hydrogens is 191 g/mol. The highest BCUT2D eigenvalue weighted by Gasteiger charge is 2.29. The van der Waals surface area contributed by atoms with Gasteiger partial charge in [0.1, 0.15) is 6.10 Å². The van der Waals surface area contributed by atoms with Crippen molar-refractivity contribution in [3.63, 3.8) is 0 Å². The first kappa shape index (κ1) is 11.2. The Kier molecular flexibility index (Phi) is 3.54. The maximum atomic E-state index is 10.3. The summed E-state index contributed by atoms with van der Waals surface area (Å²) in [7, 11) is -4.55. The molecule has 0 aliphatic rings. The molecule has 1 atom stereocenters. The van der Waals surface area contributed by atoms with E-state index in [2.05, 4.69) is 0 Å². The molecule has 0 aliphatic carbocycles. The van der Waals surface area contributed by atoms with Crippen LogP contribution in [0.5, 0.6) is 0 Å². The molecule has 0 amide bonds. The topological polar surface area (TPSA) is 132 Å². The molecule has 1 unspecified atom stereocenters. The lowest BCUT2D eigenvalue weighted by atomic mass is 10.3. The molecule has 0 radical (unpaired) electrons. The largest absolute Gasteiger partial charge is 0.475 e. The summed E-state index contributed by atoms with van der Waals surface area (Å²) in [6, 6.07) is 0. The van der Waals surface area contributed by atoms with Crippen molar-refractivity contribution in [2.75, 3.05) is 6.16 Å². The number of carboxylic acids is 1. The van der Waals surface area contributed by atoms with Crippen LogP contribution in [0.4, 0.5) is 0 Å². The van der Waals surface area contributed by atoms with E-state index in [4.69, 9.17) is 20.0 Å². The van der Waals surface area contributed by atoms with Gasteiger partial charge < -0.3 is 20.0 Å². The second kappa shape index (κ2) is 3.77. The first-order valence-electron chi connectivity index (χ1n) is 2.74. The summed E-state index contributed by atoms with van der Waals surface area (Å²) < 4.78 is 10.2. The van der Waals surface area contributed by atoms with Crippen molar-refractivity contribution in [3.8, 4) is 0 Å². The number of aliphatic hydroxyl groups is 1. The molecule has 0 aromatic carbocycles. The van der Waals surface area contributed by atoms with E-state index in [0.29, 0.717) is 0 Å². The Morgan fingerprint density at radius 2 is 1.75 bits per heavy atom. The lowest BCUT2D eigenvalue weighted by Gasteiger charge is -2.06. The molecule has 0 aliphatic heterocycles. The van der Waals surface area contributed by atoms with E-state index in [-0.39, 0.29) is 0 Å². The molecule has 0 spiro atoms. The smallest absolute Gasteiger partial charge is 0.375 e. The van der Waals surface area contributed by atoms with Crippen LogP contribution in [0.2, 0.25) is 0 Å². The van der Waals surface area contributed by atoms with Crippen molar-refractivity contribution in [1.29, 1.82) is 0 Å². The fraction of sp³-hybridized carbons (Fsp3) is 0.500. The van der Waals surface area contributed by atoms with Crippen molar-refractivity contribution in [3.05, 3.63) is 0 Å². The summed E-state index contributed by atoms with van der Waals surface area (Å²) in [6.07, 6.45) is -3.32. The molecule has 7 nitrogen and oxygen atoms in total. The number of hydrogen-bond acceptors (Lipinski definition) is 4. The van der Waals surface area contributed by atoms with Gasteiger partial charge in [0.15, 0.2) is 0 Å². The minimum Gasteiger partial charge on any atom is -0.475 e. The summed E-state index contributed by atoms with van der Waals surface area (Å²) in [4.78, 5) is 36.6. The van der Waals surface area contributed by atoms with E-state index >= 15 is 0 Å². The van der Waals surface area contributed by atoms with Gasteiger partial charge in [-0.1, -0.05) is 0 Å². The van der Waals surface area contributed by atoms with Crippen LogP contribution < -0.4 is 0 Å². The molecule has 70 valence electrons. The van der Waals surface area contributed by atoms with Crippen LogP contribution in [0.1, 0.15) is 0 Å². The van der Waals surface area contributed by atoms with Gasteiger partial charge >= 0.3 is 13.6 Å². The summed E-state index contributed by atoms with van der Waals surface area (Å²) in [6.45, 7) is 0. The van der Waals surface area contributed by atoms with Crippen LogP contribution in [0.25, 0.3) is 0 Å². The average Bonchev–Trinajstić information content (AvgIpc) is 1.82. The number of rotatable bonds is 4. The van der Waals surface area contributed by atoms with E-state index in [1.54, 1.807) is 0 Å². The normalized spacial score (nSPS) is 13.9. The Balaban J connectivity index is 4.24. The maximum Gasteiger partial charge on any atom is 0.375 e. The summed E-state index contributed by atoms with van der Waals surface area (Å²) >= 11 is 0. The zero-order chi connectivity index (χ0) is 9.94. The Bertz CT molecular complexity index is 240. The Morgan fingerprint density at radius 1 is 1.33 bits per heavy atom. The molecular formula is C4H7O7P. The molecule has 0 heterocycles. The van der Waals surface area contributed by atoms with Crippen molar-refractivity contribution in [2.45, 2.75) is 6.10 Å². The fourth-order valence-electron chi connectivity index (χ4n) is 0.451. The first-order valence-corrected chi connectivity index (χ1v) is 4.53. The molecule has 0 rings (SSSR count). The Labute approximate surface area is 66.8 Å². The van der Waals surface area contributed by atoms with Gasteiger partial charge in [0, 0.05) is 0 Å². The molecule has 0 aromatic rings. The van der Waals surface area contributed by atoms with Gasteiger partial charge in [-0.05, 0) is 0 Å². The van der Waals surface area contributed by atoms with Crippen molar-refractivity contribution in [1.82, 2.24) is 0 Å². The van der Waals surface area contributed by atoms with Crippen LogP contribution in [0.3, 0.4) is 0 Å². The number of carboxylic acid groups (broad SMARTS) is 1. The third-order valence-corrected chi connectivity index (χ3v) is 1.75. The van der Waals surface area contributed by atoms with E-state index in [0.717, 1.165) is 0 Å². The lowest BCUT2D eigenvalue weighted by molar-refractivity contribution is -0.152. The SMILES string of the molecule is O=C(O)C(=O)C(O)CP(=O)(O)O. The van der Waals surface area contributed by atoms with Crippen molar-refractivity contribution in [2.24, 2.45) is 0 Å². The minimum atomic E-state index is -4.55. The van der Waals surface area contributed by atoms with Gasteiger partial charge in [0.05, 0.1) is 6.16 Å². The average molecular weight is 198 g/mol. The van der Waals surface area contributed by atoms with Crippen molar-refractivity contribution < 1.29 is 34.2 Å². The van der Waals surface area contributed by atoms with E-state index in [1.165, 1.54) is 0 Å². The molecule has 0 bridgehead atoms. The molecule has 0 fully saturated rings. The summed E-state index contributed by atoms with van der Waals surface area (Å²) in [5.41, 5.74) is 0. The second-order valence-electron chi connectivity index (χ2n) is 2.03. The summed E-state index contributed by atoms with van der Waals surface area (Å²) in [5, 5.41) is 16.6. The third kappa shape index (κ3) is 4.20. The van der Waals surface area contributed by atoms with E-state index in [1.807, 2.05) is 0 Å². The second-order valence-corrected chi connectivity index (χ2v) is 3.73. The van der Waals surface area contributed by atoms with Crippen LogP contribution in [0.15, 0.2) is 0 Å². The van der Waals surface area contributed by atoms with Crippen LogP contribution in [0, 0.1) is 0 Å². The van der Waals surface area contributed by atoms with E-state index in [9.17, 15) is 14.2 Å². The molecule has 0 saturated heterocycles. The monoisotopic (exact) mass is 198 g/mol. The van der Waals surface area contributed by atoms with Gasteiger partial charge in [-0.2, -0.15) is 0 Å².